The molecule has 0 bridgehead atoms. The minimum absolute atomic E-state index is 0.0936. The van der Waals surface area contributed by atoms with Crippen LogP contribution in [0.2, 0.25) is 0 Å². The highest BCUT2D eigenvalue weighted by Crippen LogP contribution is 2.27. The smallest absolute Gasteiger partial charge is 0.239 e. The van der Waals surface area contributed by atoms with Crippen molar-refractivity contribution in [2.24, 2.45) is 5.84 Å². The number of nitrogens with two attached hydrogens (primary N) is 1. The van der Waals surface area contributed by atoms with Crippen LogP contribution >= 0.6 is 0 Å². The van der Waals surface area contributed by atoms with Gasteiger partial charge in [-0.15, -0.1) is 0 Å². The fraction of sp³-hybridized carbons (Fsp3) is 0.231. The lowest BCUT2D eigenvalue weighted by Gasteiger charge is -2.14. The highest BCUT2D eigenvalue weighted by molar-refractivity contribution is 5.62. The van der Waals surface area contributed by atoms with Crippen LogP contribution in [-0.2, 0) is 0 Å². The van der Waals surface area contributed by atoms with E-state index in [2.05, 4.69) is 34.6 Å². The summed E-state index contributed by atoms with van der Waals surface area (Å²) in [7, 11) is 0. The lowest BCUT2D eigenvalue weighted by atomic mass is 10.0. The number of anilines is 3. The Kier molecular flexibility index (Phi) is 3.91. The van der Waals surface area contributed by atoms with Gasteiger partial charge >= 0.3 is 0 Å². The summed E-state index contributed by atoms with van der Waals surface area (Å²) in [6.07, 6.45) is 1.07. The molecule has 1 aromatic heterocycles. The molecule has 6 heteroatoms. The first-order valence-corrected chi connectivity index (χ1v) is 5.97. The predicted octanol–water partition coefficient (Wildman–Crippen LogP) is 2.77. The maximum Gasteiger partial charge on any atom is 0.239 e. The van der Waals surface area contributed by atoms with Crippen LogP contribution in [0.25, 0.3) is 0 Å². The fourth-order valence-electron chi connectivity index (χ4n) is 1.77. The molecule has 0 aliphatic rings. The Bertz CT molecular complexity index is 571. The zero-order valence-corrected chi connectivity index (χ0v) is 10.8. The third-order valence-electron chi connectivity index (χ3n) is 2.71. The van der Waals surface area contributed by atoms with E-state index in [1.165, 1.54) is 0 Å². The molecule has 1 aromatic carbocycles. The summed E-state index contributed by atoms with van der Waals surface area (Å²) in [5.74, 6) is 5.26. The summed E-state index contributed by atoms with van der Waals surface area (Å²) < 4.78 is 13.7. The lowest BCUT2D eigenvalue weighted by Crippen LogP contribution is -2.12. The molecule has 0 saturated carbocycles. The number of rotatable bonds is 4. The number of benzene rings is 1. The van der Waals surface area contributed by atoms with Crippen LogP contribution in [0.4, 0.5) is 21.8 Å². The molecule has 0 aliphatic heterocycles. The Hall–Kier alpha value is -2.21. The molecule has 0 amide bonds. The van der Waals surface area contributed by atoms with Crippen molar-refractivity contribution in [3.63, 3.8) is 0 Å². The minimum atomic E-state index is -0.530. The van der Waals surface area contributed by atoms with E-state index in [0.717, 1.165) is 17.4 Å². The van der Waals surface area contributed by atoms with Gasteiger partial charge in [-0.05, 0) is 17.5 Å². The Morgan fingerprint density at radius 2 is 2.00 bits per heavy atom. The van der Waals surface area contributed by atoms with Gasteiger partial charge in [-0.2, -0.15) is 4.98 Å². The minimum Gasteiger partial charge on any atom is -0.337 e. The standard InChI is InChI=1S/C13H16FN5/c1-8(2)9-5-3-4-6-11(9)17-12-10(14)7-16-13(18-12)19-15/h3-8H,15H2,1-2H3,(H2,16,17,18,19). The molecule has 0 atom stereocenters. The van der Waals surface area contributed by atoms with Gasteiger partial charge in [0.1, 0.15) is 0 Å². The molecule has 0 unspecified atom stereocenters. The van der Waals surface area contributed by atoms with E-state index in [9.17, 15) is 4.39 Å². The van der Waals surface area contributed by atoms with Crippen LogP contribution in [0.15, 0.2) is 30.5 Å². The van der Waals surface area contributed by atoms with Gasteiger partial charge < -0.3 is 5.32 Å². The number of hydrogen-bond donors (Lipinski definition) is 3. The molecule has 4 N–H and O–H groups in total. The Balaban J connectivity index is 2.36. The second kappa shape index (κ2) is 5.62. The van der Waals surface area contributed by atoms with Crippen LogP contribution in [0.5, 0.6) is 0 Å². The summed E-state index contributed by atoms with van der Waals surface area (Å²) in [5, 5.41) is 2.98. The number of hydrogen-bond acceptors (Lipinski definition) is 5. The zero-order valence-electron chi connectivity index (χ0n) is 10.8. The molecule has 100 valence electrons. The first-order valence-electron chi connectivity index (χ1n) is 5.97. The van der Waals surface area contributed by atoms with Crippen LogP contribution in [0.3, 0.4) is 0 Å². The molecule has 0 radical (unpaired) electrons. The molecule has 19 heavy (non-hydrogen) atoms. The Morgan fingerprint density at radius 3 is 2.68 bits per heavy atom. The van der Waals surface area contributed by atoms with Gasteiger partial charge in [0.25, 0.3) is 0 Å². The zero-order chi connectivity index (χ0) is 13.8. The monoisotopic (exact) mass is 261 g/mol. The molecule has 0 aliphatic carbocycles. The normalized spacial score (nSPS) is 10.6. The molecule has 2 rings (SSSR count). The van der Waals surface area contributed by atoms with Crippen molar-refractivity contribution in [3.8, 4) is 0 Å². The quantitative estimate of drug-likeness (QED) is 0.583. The first-order chi connectivity index (χ1) is 9.11. The van der Waals surface area contributed by atoms with E-state index in [1.807, 2.05) is 24.3 Å². The average Bonchev–Trinajstić information content (AvgIpc) is 2.41. The van der Waals surface area contributed by atoms with E-state index in [0.29, 0.717) is 5.92 Å². The number of nitrogens with zero attached hydrogens (tertiary/aromatic N) is 2. The molecular formula is C13H16FN5. The third kappa shape index (κ3) is 2.97. The number of nitrogen functional groups attached to an aromatic ring is 1. The molecule has 0 spiro atoms. The van der Waals surface area contributed by atoms with Crippen molar-refractivity contribution in [2.45, 2.75) is 19.8 Å². The Morgan fingerprint density at radius 1 is 1.26 bits per heavy atom. The summed E-state index contributed by atoms with van der Waals surface area (Å²) in [5.41, 5.74) is 4.19. The predicted molar refractivity (Wildman–Crippen MR) is 73.6 cm³/mol. The summed E-state index contributed by atoms with van der Waals surface area (Å²) in [4.78, 5) is 7.65. The van der Waals surface area contributed by atoms with Crippen molar-refractivity contribution in [3.05, 3.63) is 41.8 Å². The molecule has 1 heterocycles. The van der Waals surface area contributed by atoms with E-state index < -0.39 is 5.82 Å². The maximum atomic E-state index is 13.7. The van der Waals surface area contributed by atoms with E-state index in [1.54, 1.807) is 0 Å². The van der Waals surface area contributed by atoms with Crippen LogP contribution < -0.4 is 16.6 Å². The van der Waals surface area contributed by atoms with E-state index in [4.69, 9.17) is 5.84 Å². The van der Waals surface area contributed by atoms with Crippen LogP contribution in [0, 0.1) is 5.82 Å². The van der Waals surface area contributed by atoms with Crippen molar-refractivity contribution in [1.82, 2.24) is 9.97 Å². The summed E-state index contributed by atoms with van der Waals surface area (Å²) in [6.45, 7) is 4.15. The largest absolute Gasteiger partial charge is 0.337 e. The topological polar surface area (TPSA) is 75.9 Å². The van der Waals surface area contributed by atoms with Gasteiger partial charge in [0.05, 0.1) is 6.20 Å². The second-order valence-corrected chi connectivity index (χ2v) is 4.40. The van der Waals surface area contributed by atoms with E-state index in [-0.39, 0.29) is 11.8 Å². The molecule has 2 aromatic rings. The van der Waals surface area contributed by atoms with Crippen molar-refractivity contribution >= 4 is 17.5 Å². The molecule has 5 nitrogen and oxygen atoms in total. The van der Waals surface area contributed by atoms with E-state index >= 15 is 0 Å². The van der Waals surface area contributed by atoms with Gasteiger partial charge in [0, 0.05) is 5.69 Å². The van der Waals surface area contributed by atoms with Crippen LogP contribution in [0.1, 0.15) is 25.3 Å². The average molecular weight is 261 g/mol. The molecule has 0 saturated heterocycles. The highest BCUT2D eigenvalue weighted by Gasteiger charge is 2.10. The Labute approximate surface area is 111 Å². The number of para-hydroxylation sites is 1. The fourth-order valence-corrected chi connectivity index (χ4v) is 1.77. The van der Waals surface area contributed by atoms with Crippen molar-refractivity contribution in [2.75, 3.05) is 10.7 Å². The number of hydrazine groups is 1. The first kappa shape index (κ1) is 13.2. The van der Waals surface area contributed by atoms with Crippen LogP contribution in [-0.4, -0.2) is 9.97 Å². The van der Waals surface area contributed by atoms with Crippen molar-refractivity contribution in [1.29, 1.82) is 0 Å². The summed E-state index contributed by atoms with van der Waals surface area (Å²) >= 11 is 0. The number of halogens is 1. The van der Waals surface area contributed by atoms with Gasteiger partial charge in [0.2, 0.25) is 5.95 Å². The SMILES string of the molecule is CC(C)c1ccccc1Nc1nc(NN)ncc1F. The second-order valence-electron chi connectivity index (χ2n) is 4.40. The van der Waals surface area contributed by atoms with Gasteiger partial charge in [-0.25, -0.2) is 15.2 Å². The van der Waals surface area contributed by atoms with Gasteiger partial charge in [-0.3, -0.25) is 5.43 Å². The molecular weight excluding hydrogens is 245 g/mol. The number of aromatic nitrogens is 2. The highest BCUT2D eigenvalue weighted by atomic mass is 19.1. The summed E-state index contributed by atoms with van der Waals surface area (Å²) in [6, 6.07) is 7.71. The maximum absolute atomic E-state index is 13.7. The van der Waals surface area contributed by atoms with Gasteiger partial charge in [-0.1, -0.05) is 32.0 Å². The lowest BCUT2D eigenvalue weighted by molar-refractivity contribution is 0.619. The molecule has 0 fully saturated rings. The van der Waals surface area contributed by atoms with Gasteiger partial charge in [0.15, 0.2) is 11.6 Å². The van der Waals surface area contributed by atoms with Crippen molar-refractivity contribution < 1.29 is 4.39 Å². The third-order valence-corrected chi connectivity index (χ3v) is 2.71. The number of nitrogens with one attached hydrogen (secondary N) is 2.